The van der Waals surface area contributed by atoms with E-state index in [1.54, 1.807) is 12.1 Å². The molecule has 1 fully saturated rings. The molecule has 2 amide bonds. The van der Waals surface area contributed by atoms with Crippen molar-refractivity contribution in [2.24, 2.45) is 0 Å². The summed E-state index contributed by atoms with van der Waals surface area (Å²) in [6, 6.07) is 8.97. The lowest BCUT2D eigenvalue weighted by Crippen LogP contribution is -2.28. The van der Waals surface area contributed by atoms with Crippen LogP contribution in [-0.4, -0.2) is 16.2 Å². The minimum absolute atomic E-state index is 0.270. The van der Waals surface area contributed by atoms with Gasteiger partial charge in [-0.05, 0) is 30.5 Å². The standard InChI is InChI=1S/C14H15ClN4O/c15-11-5-1-9(2-6-11)8-16-14(20)17-13-7-12(18-19-13)10-3-4-10/h1-2,5-7,10H,3-4,8H2,(H3,16,17,18,19,20). The van der Waals surface area contributed by atoms with Crippen LogP contribution < -0.4 is 10.6 Å². The summed E-state index contributed by atoms with van der Waals surface area (Å²) in [5, 5.41) is 13.2. The van der Waals surface area contributed by atoms with E-state index in [-0.39, 0.29) is 6.03 Å². The largest absolute Gasteiger partial charge is 0.334 e. The quantitative estimate of drug-likeness (QED) is 0.809. The van der Waals surface area contributed by atoms with Crippen molar-refractivity contribution in [2.45, 2.75) is 25.3 Å². The molecule has 0 aliphatic heterocycles. The third-order valence-corrected chi connectivity index (χ3v) is 3.47. The molecular formula is C14H15ClN4O. The molecule has 2 aromatic rings. The van der Waals surface area contributed by atoms with Crippen molar-refractivity contribution in [2.75, 3.05) is 5.32 Å². The molecule has 3 N–H and O–H groups in total. The molecule has 1 aliphatic rings. The van der Waals surface area contributed by atoms with Gasteiger partial charge in [0.15, 0.2) is 5.82 Å². The molecule has 1 heterocycles. The normalized spacial score (nSPS) is 14.1. The van der Waals surface area contributed by atoms with Gasteiger partial charge < -0.3 is 5.32 Å². The number of amides is 2. The highest BCUT2D eigenvalue weighted by Crippen LogP contribution is 2.39. The molecule has 0 saturated heterocycles. The van der Waals surface area contributed by atoms with Gasteiger partial charge in [0.05, 0.1) is 0 Å². The SMILES string of the molecule is O=C(NCc1ccc(Cl)cc1)Nc1cc(C2CC2)[nH]n1. The van der Waals surface area contributed by atoms with Gasteiger partial charge in [-0.2, -0.15) is 5.10 Å². The van der Waals surface area contributed by atoms with Crippen LogP contribution in [0.1, 0.15) is 30.0 Å². The maximum Gasteiger partial charge on any atom is 0.320 e. The molecule has 104 valence electrons. The van der Waals surface area contributed by atoms with Gasteiger partial charge in [0.2, 0.25) is 0 Å². The molecule has 5 nitrogen and oxygen atoms in total. The van der Waals surface area contributed by atoms with Crippen LogP contribution in [0.2, 0.25) is 5.02 Å². The van der Waals surface area contributed by atoms with Crippen LogP contribution in [-0.2, 0) is 6.54 Å². The molecule has 0 bridgehead atoms. The predicted octanol–water partition coefficient (Wildman–Crippen LogP) is 3.26. The van der Waals surface area contributed by atoms with E-state index in [1.807, 2.05) is 18.2 Å². The highest BCUT2D eigenvalue weighted by molar-refractivity contribution is 6.30. The second kappa shape index (κ2) is 5.54. The van der Waals surface area contributed by atoms with Crippen molar-refractivity contribution in [1.82, 2.24) is 15.5 Å². The van der Waals surface area contributed by atoms with E-state index < -0.39 is 0 Å². The molecule has 20 heavy (non-hydrogen) atoms. The highest BCUT2D eigenvalue weighted by Gasteiger charge is 2.25. The fraction of sp³-hybridized carbons (Fsp3) is 0.286. The predicted molar refractivity (Wildman–Crippen MR) is 77.9 cm³/mol. The zero-order valence-corrected chi connectivity index (χ0v) is 11.6. The first-order chi connectivity index (χ1) is 9.70. The molecule has 0 radical (unpaired) electrons. The van der Waals surface area contributed by atoms with E-state index in [0.29, 0.717) is 23.3 Å². The molecule has 1 saturated carbocycles. The van der Waals surface area contributed by atoms with E-state index in [1.165, 1.54) is 12.8 Å². The lowest BCUT2D eigenvalue weighted by atomic mass is 10.2. The molecule has 1 aromatic carbocycles. The van der Waals surface area contributed by atoms with Crippen molar-refractivity contribution in [3.63, 3.8) is 0 Å². The van der Waals surface area contributed by atoms with Crippen LogP contribution in [0.15, 0.2) is 30.3 Å². The highest BCUT2D eigenvalue weighted by atomic mass is 35.5. The first-order valence-corrected chi connectivity index (χ1v) is 6.93. The Hall–Kier alpha value is -2.01. The van der Waals surface area contributed by atoms with Crippen LogP contribution in [0.3, 0.4) is 0 Å². The number of nitrogens with zero attached hydrogens (tertiary/aromatic N) is 1. The maximum absolute atomic E-state index is 11.7. The number of carbonyl (C=O) groups is 1. The second-order valence-electron chi connectivity index (χ2n) is 4.92. The number of urea groups is 1. The van der Waals surface area contributed by atoms with E-state index >= 15 is 0 Å². The fourth-order valence-electron chi connectivity index (χ4n) is 1.95. The molecule has 0 unspecified atom stereocenters. The minimum atomic E-state index is -0.270. The van der Waals surface area contributed by atoms with Gasteiger partial charge in [-0.1, -0.05) is 23.7 Å². The summed E-state index contributed by atoms with van der Waals surface area (Å²) < 4.78 is 0. The summed E-state index contributed by atoms with van der Waals surface area (Å²) in [6.45, 7) is 0.447. The number of halogens is 1. The Morgan fingerprint density at radius 1 is 1.35 bits per heavy atom. The first-order valence-electron chi connectivity index (χ1n) is 6.55. The number of rotatable bonds is 4. The van der Waals surface area contributed by atoms with E-state index in [4.69, 9.17) is 11.6 Å². The Bertz CT molecular complexity index is 604. The van der Waals surface area contributed by atoms with Crippen LogP contribution in [0.4, 0.5) is 10.6 Å². The molecule has 0 spiro atoms. The number of H-pyrrole nitrogens is 1. The zero-order valence-electron chi connectivity index (χ0n) is 10.8. The Balaban J connectivity index is 1.49. The van der Waals surface area contributed by atoms with Crippen molar-refractivity contribution in [3.05, 3.63) is 46.6 Å². The Kier molecular flexibility index (Phi) is 3.60. The minimum Gasteiger partial charge on any atom is -0.334 e. The average molecular weight is 291 g/mol. The molecular weight excluding hydrogens is 276 g/mol. The molecule has 3 rings (SSSR count). The summed E-state index contributed by atoms with van der Waals surface area (Å²) in [7, 11) is 0. The van der Waals surface area contributed by atoms with Gasteiger partial charge in [0.25, 0.3) is 0 Å². The number of hydrogen-bond acceptors (Lipinski definition) is 2. The summed E-state index contributed by atoms with van der Waals surface area (Å²) in [5.74, 6) is 1.15. The Morgan fingerprint density at radius 3 is 2.80 bits per heavy atom. The van der Waals surface area contributed by atoms with Gasteiger partial charge in [-0.15, -0.1) is 0 Å². The van der Waals surface area contributed by atoms with Gasteiger partial charge in [0.1, 0.15) is 0 Å². The Morgan fingerprint density at radius 2 is 2.10 bits per heavy atom. The topological polar surface area (TPSA) is 69.8 Å². The van der Waals surface area contributed by atoms with Crippen LogP contribution in [0.25, 0.3) is 0 Å². The van der Waals surface area contributed by atoms with Crippen molar-refractivity contribution >= 4 is 23.4 Å². The Labute approximate surface area is 121 Å². The smallest absolute Gasteiger partial charge is 0.320 e. The molecule has 0 atom stereocenters. The first kappa shape index (κ1) is 13.0. The summed E-state index contributed by atoms with van der Waals surface area (Å²) in [5.41, 5.74) is 2.09. The van der Waals surface area contributed by atoms with Crippen molar-refractivity contribution in [1.29, 1.82) is 0 Å². The third-order valence-electron chi connectivity index (χ3n) is 3.22. The number of hydrogen-bond donors (Lipinski definition) is 3. The number of benzene rings is 1. The van der Waals surface area contributed by atoms with Crippen molar-refractivity contribution < 1.29 is 4.79 Å². The van der Waals surface area contributed by atoms with Gasteiger partial charge in [0, 0.05) is 29.2 Å². The van der Waals surface area contributed by atoms with Gasteiger partial charge in [-0.3, -0.25) is 10.4 Å². The van der Waals surface area contributed by atoms with Crippen LogP contribution in [0, 0.1) is 0 Å². The van der Waals surface area contributed by atoms with E-state index in [0.717, 1.165) is 11.3 Å². The third kappa shape index (κ3) is 3.30. The maximum atomic E-state index is 11.7. The van der Waals surface area contributed by atoms with Crippen LogP contribution >= 0.6 is 11.6 Å². The van der Waals surface area contributed by atoms with E-state index in [9.17, 15) is 4.79 Å². The molecule has 6 heteroatoms. The number of anilines is 1. The summed E-state index contributed by atoms with van der Waals surface area (Å²) >= 11 is 5.80. The molecule has 1 aliphatic carbocycles. The number of carbonyl (C=O) groups excluding carboxylic acids is 1. The number of aromatic nitrogens is 2. The lowest BCUT2D eigenvalue weighted by molar-refractivity contribution is 0.251. The lowest BCUT2D eigenvalue weighted by Gasteiger charge is -2.05. The second-order valence-corrected chi connectivity index (χ2v) is 5.35. The van der Waals surface area contributed by atoms with Gasteiger partial charge in [-0.25, -0.2) is 4.79 Å². The van der Waals surface area contributed by atoms with Gasteiger partial charge >= 0.3 is 6.03 Å². The van der Waals surface area contributed by atoms with E-state index in [2.05, 4.69) is 20.8 Å². The summed E-state index contributed by atoms with van der Waals surface area (Å²) in [6.07, 6.45) is 2.40. The fourth-order valence-corrected chi connectivity index (χ4v) is 2.08. The van der Waals surface area contributed by atoms with Crippen molar-refractivity contribution in [3.8, 4) is 0 Å². The summed E-state index contributed by atoms with van der Waals surface area (Å²) in [4.78, 5) is 11.7. The average Bonchev–Trinajstić information content (AvgIpc) is 3.19. The number of nitrogens with one attached hydrogen (secondary N) is 3. The number of aromatic amines is 1. The molecule has 1 aromatic heterocycles. The zero-order chi connectivity index (χ0) is 13.9. The monoisotopic (exact) mass is 290 g/mol. The van der Waals surface area contributed by atoms with Crippen LogP contribution in [0.5, 0.6) is 0 Å².